The van der Waals surface area contributed by atoms with Crippen molar-refractivity contribution in [2.24, 2.45) is 4.99 Å². The Hall–Kier alpha value is -2.15. The summed E-state index contributed by atoms with van der Waals surface area (Å²) in [4.78, 5) is 14.7. The molecule has 1 aromatic rings. The van der Waals surface area contributed by atoms with Gasteiger partial charge in [0, 0.05) is 0 Å². The van der Waals surface area contributed by atoms with Gasteiger partial charge < -0.3 is 5.11 Å². The van der Waals surface area contributed by atoms with Crippen molar-refractivity contribution in [3.8, 4) is 0 Å². The Morgan fingerprint density at radius 1 is 1.39 bits per heavy atom. The second-order valence-electron chi connectivity index (χ2n) is 3.67. The largest absolute Gasteiger partial charge is 0.478 e. The molecule has 2 rings (SSSR count). The summed E-state index contributed by atoms with van der Waals surface area (Å²) in [6.45, 7) is 2.98. The minimum absolute atomic E-state index is 0.0608. The maximum atomic E-state index is 12.2. The van der Waals surface area contributed by atoms with Gasteiger partial charge in [0.25, 0.3) is 10.0 Å². The van der Waals surface area contributed by atoms with Gasteiger partial charge in [-0.05, 0) is 12.1 Å². The molecule has 1 aliphatic heterocycles. The molecule has 1 heterocycles. The van der Waals surface area contributed by atoms with Crippen molar-refractivity contribution >= 4 is 28.0 Å². The summed E-state index contributed by atoms with van der Waals surface area (Å²) in [6, 6.07) is 6.27. The zero-order valence-corrected chi connectivity index (χ0v) is 10.1. The molecule has 1 aliphatic rings. The van der Waals surface area contributed by atoms with Crippen LogP contribution in [0.25, 0.3) is 0 Å². The molecule has 1 aromatic carbocycles. The molecule has 0 saturated heterocycles. The molecular weight excluding hydrogens is 256 g/mol. The van der Waals surface area contributed by atoms with Crippen LogP contribution in [0.5, 0.6) is 0 Å². The molecule has 0 aliphatic carbocycles. The number of hydrogen-bond donors (Lipinski definition) is 1. The molecule has 7 heteroatoms. The molecule has 0 amide bonds. The summed E-state index contributed by atoms with van der Waals surface area (Å²) in [5.74, 6) is -1.24. The molecule has 1 N–H and O–H groups in total. The Balaban J connectivity index is 2.39. The van der Waals surface area contributed by atoms with Gasteiger partial charge in [0.1, 0.15) is 11.2 Å². The van der Waals surface area contributed by atoms with Crippen LogP contribution in [0.15, 0.2) is 46.3 Å². The van der Waals surface area contributed by atoms with Crippen molar-refractivity contribution in [3.05, 3.63) is 36.4 Å². The van der Waals surface area contributed by atoms with E-state index < -0.39 is 16.0 Å². The van der Waals surface area contributed by atoms with Gasteiger partial charge in [-0.25, -0.2) is 18.2 Å². The van der Waals surface area contributed by atoms with Crippen LogP contribution in [0.1, 0.15) is 0 Å². The lowest BCUT2D eigenvalue weighted by molar-refractivity contribution is -0.132. The van der Waals surface area contributed by atoms with E-state index in [1.165, 1.54) is 6.07 Å². The third kappa shape index (κ3) is 2.00. The highest BCUT2D eigenvalue weighted by Gasteiger charge is 2.29. The molecule has 0 saturated carbocycles. The summed E-state index contributed by atoms with van der Waals surface area (Å²) in [6.07, 6.45) is 1.10. The summed E-state index contributed by atoms with van der Waals surface area (Å²) in [7, 11) is -3.75. The second kappa shape index (κ2) is 4.26. The highest BCUT2D eigenvalue weighted by atomic mass is 32.2. The zero-order chi connectivity index (χ0) is 13.3. The molecule has 0 fully saturated rings. The highest BCUT2D eigenvalue weighted by molar-refractivity contribution is 7.89. The van der Waals surface area contributed by atoms with Gasteiger partial charge in [-0.2, -0.15) is 0 Å². The number of fused-ring (bicyclic) bond motifs is 1. The van der Waals surface area contributed by atoms with Crippen LogP contribution in [-0.4, -0.2) is 36.7 Å². The molecule has 0 bridgehead atoms. The van der Waals surface area contributed by atoms with E-state index >= 15 is 0 Å². The van der Waals surface area contributed by atoms with Crippen LogP contribution in [0.4, 0.5) is 5.69 Å². The number of benzene rings is 1. The normalized spacial score (nSPS) is 16.1. The number of rotatable bonds is 3. The smallest absolute Gasteiger partial charge is 0.332 e. The molecule has 6 nitrogen and oxygen atoms in total. The zero-order valence-electron chi connectivity index (χ0n) is 9.28. The summed E-state index contributed by atoms with van der Waals surface area (Å²) in [5, 5.41) is 8.71. The SMILES string of the molecule is C=C(CN1C=Nc2ccccc2S1(=O)=O)C(=O)O. The Labute approximate surface area is 104 Å². The second-order valence-corrected chi connectivity index (χ2v) is 5.53. The van der Waals surface area contributed by atoms with Gasteiger partial charge in [0.15, 0.2) is 0 Å². The molecular formula is C11H10N2O4S. The minimum Gasteiger partial charge on any atom is -0.478 e. The predicted octanol–water partition coefficient (Wildman–Crippen LogP) is 0.992. The van der Waals surface area contributed by atoms with Crippen molar-refractivity contribution < 1.29 is 18.3 Å². The van der Waals surface area contributed by atoms with E-state index in [2.05, 4.69) is 11.6 Å². The number of hydrogen-bond acceptors (Lipinski definition) is 4. The van der Waals surface area contributed by atoms with E-state index in [1.807, 2.05) is 0 Å². The van der Waals surface area contributed by atoms with Crippen LogP contribution in [0.3, 0.4) is 0 Å². The maximum absolute atomic E-state index is 12.2. The molecule has 0 aromatic heterocycles. The number of aliphatic carboxylic acids is 1. The van der Waals surface area contributed by atoms with E-state index in [0.717, 1.165) is 10.6 Å². The molecule has 94 valence electrons. The number of nitrogens with zero attached hydrogens (tertiary/aromatic N) is 2. The lowest BCUT2D eigenvalue weighted by Gasteiger charge is -2.23. The van der Waals surface area contributed by atoms with E-state index in [9.17, 15) is 13.2 Å². The van der Waals surface area contributed by atoms with E-state index in [0.29, 0.717) is 5.69 Å². The van der Waals surface area contributed by atoms with Crippen molar-refractivity contribution in [1.82, 2.24) is 4.31 Å². The van der Waals surface area contributed by atoms with Crippen molar-refractivity contribution in [2.75, 3.05) is 6.54 Å². The fourth-order valence-electron chi connectivity index (χ4n) is 1.48. The number of para-hydroxylation sites is 1. The first kappa shape index (κ1) is 12.3. The highest BCUT2D eigenvalue weighted by Crippen LogP contribution is 2.29. The van der Waals surface area contributed by atoms with Gasteiger partial charge in [-0.3, -0.25) is 4.31 Å². The number of carboxylic acids is 1. The number of carboxylic acid groups (broad SMARTS) is 1. The number of carbonyl (C=O) groups is 1. The minimum atomic E-state index is -3.75. The van der Waals surface area contributed by atoms with Crippen LogP contribution >= 0.6 is 0 Å². The maximum Gasteiger partial charge on any atom is 0.332 e. The molecule has 0 atom stereocenters. The standard InChI is InChI=1S/C11H10N2O4S/c1-8(11(14)15)6-13-7-12-9-4-2-3-5-10(9)18(13,16)17/h2-5,7H,1,6H2,(H,14,15). The third-order valence-electron chi connectivity index (χ3n) is 2.43. The Morgan fingerprint density at radius 2 is 2.06 bits per heavy atom. The van der Waals surface area contributed by atoms with Gasteiger partial charge in [-0.1, -0.05) is 18.7 Å². The lowest BCUT2D eigenvalue weighted by Crippen LogP contribution is -2.34. The first-order valence-corrected chi connectivity index (χ1v) is 6.43. The molecule has 18 heavy (non-hydrogen) atoms. The predicted molar refractivity (Wildman–Crippen MR) is 65.3 cm³/mol. The summed E-state index contributed by atoms with van der Waals surface area (Å²) < 4.78 is 25.2. The van der Waals surface area contributed by atoms with Crippen LogP contribution in [-0.2, 0) is 14.8 Å². The van der Waals surface area contributed by atoms with E-state index in [1.54, 1.807) is 18.2 Å². The third-order valence-corrected chi connectivity index (χ3v) is 4.17. The van der Waals surface area contributed by atoms with E-state index in [4.69, 9.17) is 5.11 Å². The topological polar surface area (TPSA) is 87.0 Å². The average Bonchev–Trinajstić information content (AvgIpc) is 2.33. The monoisotopic (exact) mass is 266 g/mol. The first-order valence-electron chi connectivity index (χ1n) is 4.99. The molecule has 0 unspecified atom stereocenters. The number of sulfonamides is 1. The fourth-order valence-corrected chi connectivity index (χ4v) is 2.86. The Kier molecular flexibility index (Phi) is 2.92. The summed E-state index contributed by atoms with van der Waals surface area (Å²) in [5.41, 5.74) is 0.124. The quantitative estimate of drug-likeness (QED) is 0.826. The van der Waals surface area contributed by atoms with Crippen molar-refractivity contribution in [1.29, 1.82) is 0 Å². The van der Waals surface area contributed by atoms with Crippen LogP contribution < -0.4 is 0 Å². The Bertz CT molecular complexity index is 649. The van der Waals surface area contributed by atoms with Gasteiger partial charge in [-0.15, -0.1) is 0 Å². The van der Waals surface area contributed by atoms with Crippen LogP contribution in [0.2, 0.25) is 0 Å². The number of aliphatic imine (C=N–C) groups is 1. The first-order chi connectivity index (χ1) is 8.43. The fraction of sp³-hybridized carbons (Fsp3) is 0.0909. The van der Waals surface area contributed by atoms with Gasteiger partial charge >= 0.3 is 5.97 Å². The molecule has 0 radical (unpaired) electrons. The van der Waals surface area contributed by atoms with Crippen LogP contribution in [0, 0.1) is 0 Å². The Morgan fingerprint density at radius 3 is 2.72 bits per heavy atom. The lowest BCUT2D eigenvalue weighted by atomic mass is 10.3. The molecule has 0 spiro atoms. The summed E-state index contributed by atoms with van der Waals surface area (Å²) >= 11 is 0. The van der Waals surface area contributed by atoms with Gasteiger partial charge in [0.2, 0.25) is 0 Å². The van der Waals surface area contributed by atoms with Gasteiger partial charge in [0.05, 0.1) is 17.8 Å². The average molecular weight is 266 g/mol. The van der Waals surface area contributed by atoms with Crippen molar-refractivity contribution in [3.63, 3.8) is 0 Å². The van der Waals surface area contributed by atoms with E-state index in [-0.39, 0.29) is 17.0 Å². The van der Waals surface area contributed by atoms with Crippen molar-refractivity contribution in [2.45, 2.75) is 4.90 Å².